The fourth-order valence-electron chi connectivity index (χ4n) is 3.92. The van der Waals surface area contributed by atoms with Gasteiger partial charge in [-0.1, -0.05) is 84.9 Å². The minimum atomic E-state index is -0.222. The van der Waals surface area contributed by atoms with Crippen LogP contribution < -0.4 is 0 Å². The van der Waals surface area contributed by atoms with Gasteiger partial charge in [-0.15, -0.1) is 0 Å². The van der Waals surface area contributed by atoms with Gasteiger partial charge in [0.15, 0.2) is 0 Å². The van der Waals surface area contributed by atoms with Gasteiger partial charge in [0, 0.05) is 11.1 Å². The van der Waals surface area contributed by atoms with Crippen LogP contribution in [0.2, 0.25) is 0 Å². The molecule has 1 heterocycles. The van der Waals surface area contributed by atoms with Crippen molar-refractivity contribution in [2.24, 2.45) is 4.99 Å². The fourth-order valence-corrected chi connectivity index (χ4v) is 3.92. The molecule has 0 spiro atoms. The molecular formula is C26H18FN. The van der Waals surface area contributed by atoms with Crippen LogP contribution in [-0.4, -0.2) is 5.71 Å². The Morgan fingerprint density at radius 1 is 0.536 bits per heavy atom. The molecule has 0 amide bonds. The summed E-state index contributed by atoms with van der Waals surface area (Å²) >= 11 is 0. The summed E-state index contributed by atoms with van der Waals surface area (Å²) in [7, 11) is 0. The van der Waals surface area contributed by atoms with E-state index in [1.165, 1.54) is 28.8 Å². The maximum atomic E-state index is 13.4. The maximum Gasteiger partial charge on any atom is 0.123 e. The highest BCUT2D eigenvalue weighted by molar-refractivity contribution is 6.17. The Labute approximate surface area is 163 Å². The van der Waals surface area contributed by atoms with Crippen molar-refractivity contribution in [3.05, 3.63) is 120 Å². The number of halogens is 1. The van der Waals surface area contributed by atoms with Crippen LogP contribution in [0.1, 0.15) is 16.7 Å². The first-order valence-electron chi connectivity index (χ1n) is 9.39. The van der Waals surface area contributed by atoms with E-state index in [4.69, 9.17) is 4.99 Å². The second kappa shape index (κ2) is 6.90. The minimum absolute atomic E-state index is 0.222. The number of hydrogen-bond donors (Lipinski definition) is 0. The number of fused-ring (bicyclic) bond motifs is 3. The van der Waals surface area contributed by atoms with E-state index in [1.54, 1.807) is 0 Å². The summed E-state index contributed by atoms with van der Waals surface area (Å²) in [5, 5.41) is 0. The topological polar surface area (TPSA) is 12.4 Å². The summed E-state index contributed by atoms with van der Waals surface area (Å²) in [5.74, 6) is -0.222. The number of benzene rings is 4. The van der Waals surface area contributed by atoms with Gasteiger partial charge in [-0.2, -0.15) is 0 Å². The normalized spacial score (nSPS) is 12.5. The molecular weight excluding hydrogens is 345 g/mol. The largest absolute Gasteiger partial charge is 0.279 e. The van der Waals surface area contributed by atoms with Crippen molar-refractivity contribution in [2.45, 2.75) is 6.54 Å². The first kappa shape index (κ1) is 16.6. The van der Waals surface area contributed by atoms with Crippen LogP contribution in [0.5, 0.6) is 0 Å². The maximum absolute atomic E-state index is 13.4. The van der Waals surface area contributed by atoms with E-state index < -0.39 is 0 Å². The molecule has 0 saturated carbocycles. The van der Waals surface area contributed by atoms with Crippen molar-refractivity contribution < 1.29 is 4.39 Å². The van der Waals surface area contributed by atoms with Crippen LogP contribution in [0.4, 0.5) is 4.39 Å². The molecule has 0 unspecified atom stereocenters. The second-order valence-electron chi connectivity index (χ2n) is 6.92. The summed E-state index contributed by atoms with van der Waals surface area (Å²) in [6, 6.07) is 31.8. The zero-order valence-electron chi connectivity index (χ0n) is 15.3. The molecule has 5 rings (SSSR count). The molecule has 1 aliphatic heterocycles. The van der Waals surface area contributed by atoms with Crippen molar-refractivity contribution in [3.8, 4) is 22.3 Å². The summed E-state index contributed by atoms with van der Waals surface area (Å²) in [4.78, 5) is 5.02. The molecule has 0 aliphatic carbocycles. The molecule has 134 valence electrons. The lowest BCUT2D eigenvalue weighted by Crippen LogP contribution is -2.03. The van der Waals surface area contributed by atoms with Crippen molar-refractivity contribution >= 4 is 5.71 Å². The lowest BCUT2D eigenvalue weighted by atomic mass is 9.89. The number of aliphatic imine (C=N–C) groups is 1. The smallest absolute Gasteiger partial charge is 0.123 e. The summed E-state index contributed by atoms with van der Waals surface area (Å²) in [6.07, 6.45) is 0. The van der Waals surface area contributed by atoms with Crippen LogP contribution in [0.3, 0.4) is 0 Å². The predicted octanol–water partition coefficient (Wildman–Crippen LogP) is 6.51. The Balaban J connectivity index is 1.75. The molecule has 0 aromatic heterocycles. The van der Waals surface area contributed by atoms with Gasteiger partial charge in [0.25, 0.3) is 0 Å². The quantitative estimate of drug-likeness (QED) is 0.385. The van der Waals surface area contributed by atoms with Gasteiger partial charge in [0.2, 0.25) is 0 Å². The van der Waals surface area contributed by atoms with Crippen molar-refractivity contribution in [1.29, 1.82) is 0 Å². The van der Waals surface area contributed by atoms with Crippen LogP contribution in [-0.2, 0) is 6.54 Å². The summed E-state index contributed by atoms with van der Waals surface area (Å²) in [5.41, 5.74) is 8.92. The fraction of sp³-hybridized carbons (Fsp3) is 0.0385. The van der Waals surface area contributed by atoms with Crippen LogP contribution in [0, 0.1) is 5.82 Å². The van der Waals surface area contributed by atoms with Crippen LogP contribution >= 0.6 is 0 Å². The van der Waals surface area contributed by atoms with E-state index in [9.17, 15) is 4.39 Å². The van der Waals surface area contributed by atoms with E-state index in [1.807, 2.05) is 30.3 Å². The molecule has 1 aliphatic rings. The average molecular weight is 363 g/mol. The third-order valence-corrected chi connectivity index (χ3v) is 5.25. The Morgan fingerprint density at radius 2 is 1.18 bits per heavy atom. The highest BCUT2D eigenvalue weighted by atomic mass is 19.1. The number of rotatable bonds is 2. The van der Waals surface area contributed by atoms with E-state index >= 15 is 0 Å². The first-order valence-corrected chi connectivity index (χ1v) is 9.39. The van der Waals surface area contributed by atoms with E-state index in [0.717, 1.165) is 28.0 Å². The standard InChI is InChI=1S/C26H18FN/c27-20-15-13-18(14-16-20)21-11-6-12-23-22-9-4-5-10-24(22)26(28-17-25(21)23)19-7-2-1-3-8-19/h1-16H,17H2. The van der Waals surface area contributed by atoms with Gasteiger partial charge in [0.05, 0.1) is 12.3 Å². The monoisotopic (exact) mass is 363 g/mol. The Kier molecular flexibility index (Phi) is 4.10. The Morgan fingerprint density at radius 3 is 1.96 bits per heavy atom. The third kappa shape index (κ3) is 2.84. The van der Waals surface area contributed by atoms with Crippen LogP contribution in [0.25, 0.3) is 22.3 Å². The molecule has 28 heavy (non-hydrogen) atoms. The molecule has 0 bridgehead atoms. The Hall–Kier alpha value is -3.52. The molecule has 0 N–H and O–H groups in total. The van der Waals surface area contributed by atoms with E-state index in [-0.39, 0.29) is 5.82 Å². The van der Waals surface area contributed by atoms with Gasteiger partial charge >= 0.3 is 0 Å². The highest BCUT2D eigenvalue weighted by Crippen LogP contribution is 2.37. The SMILES string of the molecule is Fc1ccc(-c2cccc3c2CN=C(c2ccccc2)c2ccccc2-3)cc1. The second-order valence-corrected chi connectivity index (χ2v) is 6.92. The molecule has 0 radical (unpaired) electrons. The van der Waals surface area contributed by atoms with Gasteiger partial charge in [-0.3, -0.25) is 4.99 Å². The molecule has 4 aromatic rings. The minimum Gasteiger partial charge on any atom is -0.279 e. The van der Waals surface area contributed by atoms with Crippen molar-refractivity contribution in [1.82, 2.24) is 0 Å². The molecule has 1 nitrogen and oxygen atoms in total. The van der Waals surface area contributed by atoms with Gasteiger partial charge < -0.3 is 0 Å². The summed E-state index contributed by atoms with van der Waals surface area (Å²) < 4.78 is 13.4. The van der Waals surface area contributed by atoms with Gasteiger partial charge in [-0.25, -0.2) is 4.39 Å². The lowest BCUT2D eigenvalue weighted by molar-refractivity contribution is 0.628. The Bertz CT molecular complexity index is 1170. The number of nitrogens with zero attached hydrogens (tertiary/aromatic N) is 1. The predicted molar refractivity (Wildman–Crippen MR) is 113 cm³/mol. The molecule has 0 saturated heterocycles. The first-order chi connectivity index (χ1) is 13.8. The highest BCUT2D eigenvalue weighted by Gasteiger charge is 2.20. The van der Waals surface area contributed by atoms with E-state index in [0.29, 0.717) is 6.54 Å². The van der Waals surface area contributed by atoms with Gasteiger partial charge in [0.1, 0.15) is 5.82 Å². The average Bonchev–Trinajstić information content (AvgIpc) is 2.92. The summed E-state index contributed by atoms with van der Waals surface area (Å²) in [6.45, 7) is 0.585. The molecule has 4 aromatic carbocycles. The van der Waals surface area contributed by atoms with Crippen molar-refractivity contribution in [3.63, 3.8) is 0 Å². The third-order valence-electron chi connectivity index (χ3n) is 5.25. The molecule has 2 heteroatoms. The van der Waals surface area contributed by atoms with E-state index in [2.05, 4.69) is 54.6 Å². The zero-order chi connectivity index (χ0) is 18.9. The zero-order valence-corrected chi connectivity index (χ0v) is 15.3. The van der Waals surface area contributed by atoms with Gasteiger partial charge in [-0.05, 0) is 39.9 Å². The molecule has 0 fully saturated rings. The van der Waals surface area contributed by atoms with Crippen molar-refractivity contribution in [2.75, 3.05) is 0 Å². The molecule has 0 atom stereocenters. The number of hydrogen-bond acceptors (Lipinski definition) is 1. The van der Waals surface area contributed by atoms with Crippen LogP contribution in [0.15, 0.2) is 102 Å². The lowest BCUT2D eigenvalue weighted by Gasteiger charge is -2.14.